The third-order valence-electron chi connectivity index (χ3n) is 3.46. The Morgan fingerprint density at radius 1 is 1.08 bits per heavy atom. The Morgan fingerprint density at radius 2 is 1.75 bits per heavy atom. The van der Waals surface area contributed by atoms with Crippen molar-refractivity contribution in [1.29, 1.82) is 0 Å². The molecular weight excluding hydrogens is 325 g/mol. The molecule has 0 atom stereocenters. The van der Waals surface area contributed by atoms with Crippen molar-refractivity contribution in [2.45, 2.75) is 6.18 Å². The van der Waals surface area contributed by atoms with Gasteiger partial charge in [0.1, 0.15) is 18.1 Å². The second kappa shape index (κ2) is 5.88. The van der Waals surface area contributed by atoms with E-state index in [1.807, 2.05) is 0 Å². The zero-order valence-electron chi connectivity index (χ0n) is 12.1. The molecule has 1 aliphatic rings. The van der Waals surface area contributed by atoms with Gasteiger partial charge in [-0.25, -0.2) is 10.2 Å². The number of carbonyl (C=O) groups is 1. The summed E-state index contributed by atoms with van der Waals surface area (Å²) >= 11 is 0. The fraction of sp³-hybridized carbons (Fsp3) is 0.125. The largest absolute Gasteiger partial charge is 0.508 e. The number of phenolic OH excluding ortho intramolecular Hbond substituents is 1. The normalized spacial score (nSPS) is 14.6. The molecule has 0 unspecified atom stereocenters. The Morgan fingerprint density at radius 3 is 2.33 bits per heavy atom. The first-order valence-electron chi connectivity index (χ1n) is 6.85. The number of amides is 1. The van der Waals surface area contributed by atoms with Crippen LogP contribution in [0.15, 0.2) is 47.6 Å². The lowest BCUT2D eigenvalue weighted by molar-refractivity contribution is -0.137. The Bertz CT molecular complexity index is 814. The number of phenols is 1. The van der Waals surface area contributed by atoms with Gasteiger partial charge in [-0.05, 0) is 29.3 Å². The smallest absolute Gasteiger partial charge is 0.428 e. The third-order valence-corrected chi connectivity index (χ3v) is 3.46. The van der Waals surface area contributed by atoms with Gasteiger partial charge in [-0.15, -0.1) is 0 Å². The van der Waals surface area contributed by atoms with E-state index in [0.717, 1.165) is 6.07 Å². The van der Waals surface area contributed by atoms with Gasteiger partial charge < -0.3 is 9.84 Å². The van der Waals surface area contributed by atoms with Gasteiger partial charge >= 0.3 is 12.3 Å². The molecule has 2 N–H and O–H groups in total. The van der Waals surface area contributed by atoms with Gasteiger partial charge in [0.25, 0.3) is 0 Å². The van der Waals surface area contributed by atoms with Crippen molar-refractivity contribution < 1.29 is 27.8 Å². The molecule has 0 saturated heterocycles. The summed E-state index contributed by atoms with van der Waals surface area (Å²) in [5.74, 6) is -0.0339. The molecule has 1 aliphatic heterocycles. The Balaban J connectivity index is 2.08. The number of cyclic esters (lactones) is 1. The fourth-order valence-electron chi connectivity index (χ4n) is 2.31. The molecule has 5 nitrogen and oxygen atoms in total. The number of rotatable bonds is 2. The number of halogens is 3. The first-order valence-corrected chi connectivity index (χ1v) is 6.85. The fourth-order valence-corrected chi connectivity index (χ4v) is 2.31. The molecule has 0 radical (unpaired) electrons. The Labute approximate surface area is 134 Å². The van der Waals surface area contributed by atoms with Crippen LogP contribution in [0.5, 0.6) is 5.75 Å². The van der Waals surface area contributed by atoms with E-state index in [1.165, 1.54) is 36.4 Å². The van der Waals surface area contributed by atoms with Crippen LogP contribution in [0.4, 0.5) is 18.0 Å². The zero-order chi connectivity index (χ0) is 17.3. The van der Waals surface area contributed by atoms with Crippen molar-refractivity contribution in [3.05, 3.63) is 53.6 Å². The van der Waals surface area contributed by atoms with Gasteiger partial charge in [0, 0.05) is 5.56 Å². The van der Waals surface area contributed by atoms with Crippen molar-refractivity contribution in [3.8, 4) is 16.9 Å². The minimum atomic E-state index is -4.58. The van der Waals surface area contributed by atoms with Crippen LogP contribution in [-0.2, 0) is 10.9 Å². The lowest BCUT2D eigenvalue weighted by atomic mass is 9.95. The van der Waals surface area contributed by atoms with Crippen LogP contribution in [0, 0.1) is 0 Å². The average Bonchev–Trinajstić information content (AvgIpc) is 2.55. The quantitative estimate of drug-likeness (QED) is 0.881. The highest BCUT2D eigenvalue weighted by molar-refractivity contribution is 6.04. The lowest BCUT2D eigenvalue weighted by Crippen LogP contribution is -2.30. The van der Waals surface area contributed by atoms with Crippen molar-refractivity contribution >= 4 is 11.8 Å². The number of alkyl halides is 3. The Hall–Kier alpha value is -3.03. The highest BCUT2D eigenvalue weighted by Crippen LogP contribution is 2.38. The van der Waals surface area contributed by atoms with Crippen LogP contribution < -0.4 is 5.43 Å². The predicted octanol–water partition coefficient (Wildman–Crippen LogP) is 3.52. The van der Waals surface area contributed by atoms with Crippen LogP contribution in [0.25, 0.3) is 11.1 Å². The first-order chi connectivity index (χ1) is 11.3. The van der Waals surface area contributed by atoms with Crippen molar-refractivity contribution in [2.24, 2.45) is 5.10 Å². The molecule has 0 aromatic heterocycles. The van der Waals surface area contributed by atoms with Crippen LogP contribution in [0.1, 0.15) is 11.1 Å². The van der Waals surface area contributed by atoms with E-state index in [-0.39, 0.29) is 29.2 Å². The number of hydrogen-bond acceptors (Lipinski definition) is 4. The average molecular weight is 336 g/mol. The summed E-state index contributed by atoms with van der Waals surface area (Å²) in [6.07, 6.45) is -5.33. The zero-order valence-corrected chi connectivity index (χ0v) is 12.1. The molecule has 0 saturated carbocycles. The van der Waals surface area contributed by atoms with E-state index in [9.17, 15) is 23.1 Å². The van der Waals surface area contributed by atoms with E-state index in [1.54, 1.807) is 0 Å². The van der Waals surface area contributed by atoms with Crippen LogP contribution >= 0.6 is 0 Å². The van der Waals surface area contributed by atoms with Crippen molar-refractivity contribution in [3.63, 3.8) is 0 Å². The summed E-state index contributed by atoms with van der Waals surface area (Å²) in [4.78, 5) is 10.9. The molecule has 1 heterocycles. The highest BCUT2D eigenvalue weighted by Gasteiger charge is 2.34. The van der Waals surface area contributed by atoms with E-state index in [4.69, 9.17) is 4.74 Å². The van der Waals surface area contributed by atoms with Gasteiger partial charge in [-0.2, -0.15) is 18.3 Å². The lowest BCUT2D eigenvalue weighted by Gasteiger charge is -2.17. The number of nitrogens with one attached hydrogen (secondary N) is 1. The van der Waals surface area contributed by atoms with Crippen LogP contribution in [0.3, 0.4) is 0 Å². The van der Waals surface area contributed by atoms with Crippen molar-refractivity contribution in [1.82, 2.24) is 5.43 Å². The molecule has 1 amide bonds. The predicted molar refractivity (Wildman–Crippen MR) is 79.6 cm³/mol. The molecule has 0 fully saturated rings. The van der Waals surface area contributed by atoms with Gasteiger partial charge in [0.15, 0.2) is 0 Å². The standard InChI is InChI=1S/C16H11F3N2O3/c17-16(18,19)13-7-10(14-8-24-15(23)21-20-14)3-6-12(13)9-1-4-11(22)5-2-9/h1-7,22H,8H2,(H,21,23). The third kappa shape index (κ3) is 3.17. The minimum absolute atomic E-state index is 0.0207. The molecule has 8 heteroatoms. The maximum atomic E-state index is 13.4. The van der Waals surface area contributed by atoms with Gasteiger partial charge in [0.05, 0.1) is 5.56 Å². The Kier molecular flexibility index (Phi) is 3.88. The monoisotopic (exact) mass is 336 g/mol. The number of nitrogens with zero attached hydrogens (tertiary/aromatic N) is 1. The number of ether oxygens (including phenoxy) is 1. The SMILES string of the molecule is O=C1NN=C(c2ccc(-c3ccc(O)cc3)c(C(F)(F)F)c2)CO1. The molecule has 2 aromatic rings. The molecular formula is C16H11F3N2O3. The summed E-state index contributed by atoms with van der Waals surface area (Å²) in [5.41, 5.74) is 1.91. The molecule has 2 aromatic carbocycles. The molecule has 0 aliphatic carbocycles. The molecule has 0 bridgehead atoms. The summed E-state index contributed by atoms with van der Waals surface area (Å²) in [6, 6.07) is 9.19. The second-order valence-corrected chi connectivity index (χ2v) is 5.05. The van der Waals surface area contributed by atoms with Gasteiger partial charge in [0.2, 0.25) is 0 Å². The van der Waals surface area contributed by atoms with E-state index >= 15 is 0 Å². The van der Waals surface area contributed by atoms with Gasteiger partial charge in [-0.3, -0.25) is 0 Å². The van der Waals surface area contributed by atoms with E-state index < -0.39 is 17.8 Å². The topological polar surface area (TPSA) is 70.9 Å². The molecule has 24 heavy (non-hydrogen) atoms. The second-order valence-electron chi connectivity index (χ2n) is 5.05. The summed E-state index contributed by atoms with van der Waals surface area (Å²) in [5, 5.41) is 13.0. The summed E-state index contributed by atoms with van der Waals surface area (Å²) in [6.45, 7) is -0.207. The van der Waals surface area contributed by atoms with E-state index in [2.05, 4.69) is 10.5 Å². The summed E-state index contributed by atoms with van der Waals surface area (Å²) < 4.78 is 45.0. The van der Waals surface area contributed by atoms with E-state index in [0.29, 0.717) is 5.56 Å². The van der Waals surface area contributed by atoms with Crippen LogP contribution in [0.2, 0.25) is 0 Å². The minimum Gasteiger partial charge on any atom is -0.508 e. The maximum Gasteiger partial charge on any atom is 0.428 e. The molecule has 3 rings (SSSR count). The number of aromatic hydroxyl groups is 1. The van der Waals surface area contributed by atoms with Crippen LogP contribution in [-0.4, -0.2) is 23.5 Å². The first kappa shape index (κ1) is 15.9. The molecule has 124 valence electrons. The van der Waals surface area contributed by atoms with Crippen molar-refractivity contribution in [2.75, 3.05) is 6.61 Å². The number of benzene rings is 2. The highest BCUT2D eigenvalue weighted by atomic mass is 19.4. The number of carbonyl (C=O) groups excluding carboxylic acids is 1. The van der Waals surface area contributed by atoms with Gasteiger partial charge in [-0.1, -0.05) is 24.3 Å². The maximum absolute atomic E-state index is 13.4. The molecule has 0 spiro atoms. The number of hydrazone groups is 1. The number of hydrogen-bond donors (Lipinski definition) is 2. The summed E-state index contributed by atoms with van der Waals surface area (Å²) in [7, 11) is 0.